The molecular formula is C15H21NO5. The minimum atomic E-state index is -1.02. The average molecular weight is 295 g/mol. The zero-order chi connectivity index (χ0) is 15.5. The molecule has 0 aromatic carbocycles. The second kappa shape index (κ2) is 6.30. The third-order valence-corrected chi connectivity index (χ3v) is 4.20. The summed E-state index contributed by atoms with van der Waals surface area (Å²) in [6.45, 7) is 2.37. The Morgan fingerprint density at radius 1 is 1.48 bits per heavy atom. The first kappa shape index (κ1) is 15.6. The number of carbonyl (C=O) groups is 2. The lowest BCUT2D eigenvalue weighted by Gasteiger charge is -2.40. The van der Waals surface area contributed by atoms with Crippen LogP contribution in [-0.4, -0.2) is 30.7 Å². The van der Waals surface area contributed by atoms with Gasteiger partial charge in [0.25, 0.3) is 0 Å². The second-order valence-corrected chi connectivity index (χ2v) is 5.55. The van der Waals surface area contributed by atoms with Gasteiger partial charge in [0.15, 0.2) is 0 Å². The van der Waals surface area contributed by atoms with Crippen LogP contribution in [0.3, 0.4) is 0 Å². The van der Waals surface area contributed by atoms with Gasteiger partial charge in [-0.25, -0.2) is 4.79 Å². The molecule has 2 N–H and O–H groups in total. The molecule has 0 saturated heterocycles. The Morgan fingerprint density at radius 3 is 2.67 bits per heavy atom. The zero-order valence-corrected chi connectivity index (χ0v) is 12.4. The van der Waals surface area contributed by atoms with E-state index in [0.717, 1.165) is 19.3 Å². The maximum Gasteiger partial charge on any atom is 0.339 e. The summed E-state index contributed by atoms with van der Waals surface area (Å²) in [6.07, 6.45) is 3.52. The van der Waals surface area contributed by atoms with Crippen LogP contribution in [0.4, 0.5) is 0 Å². The third kappa shape index (κ3) is 3.26. The van der Waals surface area contributed by atoms with Gasteiger partial charge in [-0.2, -0.15) is 0 Å². The first-order valence-electron chi connectivity index (χ1n) is 7.08. The van der Waals surface area contributed by atoms with Gasteiger partial charge in [0.2, 0.25) is 5.91 Å². The van der Waals surface area contributed by atoms with E-state index in [1.54, 1.807) is 14.0 Å². The molecule has 21 heavy (non-hydrogen) atoms. The number of methoxy groups -OCH3 is 1. The SMILES string of the molecule is COCCC1(C(=O)NCc2cc(C(=O)O)c(C)o2)CCC1. The van der Waals surface area contributed by atoms with Gasteiger partial charge in [-0.05, 0) is 32.3 Å². The van der Waals surface area contributed by atoms with E-state index in [4.69, 9.17) is 14.3 Å². The van der Waals surface area contributed by atoms with Gasteiger partial charge in [0.1, 0.15) is 17.1 Å². The fraction of sp³-hybridized carbons (Fsp3) is 0.600. The maximum absolute atomic E-state index is 12.3. The second-order valence-electron chi connectivity index (χ2n) is 5.55. The first-order chi connectivity index (χ1) is 9.98. The van der Waals surface area contributed by atoms with E-state index in [0.29, 0.717) is 24.5 Å². The molecule has 0 aliphatic heterocycles. The molecule has 1 amide bonds. The minimum Gasteiger partial charge on any atom is -0.478 e. The van der Waals surface area contributed by atoms with E-state index < -0.39 is 5.97 Å². The fourth-order valence-electron chi connectivity index (χ4n) is 2.69. The first-order valence-corrected chi connectivity index (χ1v) is 7.08. The summed E-state index contributed by atoms with van der Waals surface area (Å²) in [4.78, 5) is 23.3. The Morgan fingerprint density at radius 2 is 2.19 bits per heavy atom. The van der Waals surface area contributed by atoms with Crippen LogP contribution in [-0.2, 0) is 16.1 Å². The monoisotopic (exact) mass is 295 g/mol. The molecule has 1 saturated carbocycles. The molecular weight excluding hydrogens is 274 g/mol. The Labute approximate surface area is 123 Å². The number of ether oxygens (including phenoxy) is 1. The summed E-state index contributed by atoms with van der Waals surface area (Å²) in [5.74, 6) is -0.218. The molecule has 1 aromatic rings. The highest BCUT2D eigenvalue weighted by Gasteiger charge is 2.43. The van der Waals surface area contributed by atoms with E-state index in [1.165, 1.54) is 6.07 Å². The number of rotatable bonds is 7. The van der Waals surface area contributed by atoms with E-state index >= 15 is 0 Å². The van der Waals surface area contributed by atoms with Gasteiger partial charge in [-0.1, -0.05) is 6.42 Å². The number of nitrogens with one attached hydrogen (secondary N) is 1. The number of aryl methyl sites for hydroxylation is 1. The van der Waals surface area contributed by atoms with Gasteiger partial charge in [-0.15, -0.1) is 0 Å². The molecule has 116 valence electrons. The topological polar surface area (TPSA) is 88.8 Å². The number of carboxylic acid groups (broad SMARTS) is 1. The molecule has 1 heterocycles. The summed E-state index contributed by atoms with van der Waals surface area (Å²) >= 11 is 0. The van der Waals surface area contributed by atoms with Gasteiger partial charge < -0.3 is 19.6 Å². The molecule has 1 aromatic heterocycles. The highest BCUT2D eigenvalue weighted by Crippen LogP contribution is 2.44. The summed E-state index contributed by atoms with van der Waals surface area (Å²) < 4.78 is 10.4. The highest BCUT2D eigenvalue weighted by molar-refractivity contribution is 5.89. The van der Waals surface area contributed by atoms with Crippen molar-refractivity contribution in [1.82, 2.24) is 5.32 Å². The smallest absolute Gasteiger partial charge is 0.339 e. The zero-order valence-electron chi connectivity index (χ0n) is 12.4. The number of carboxylic acids is 1. The van der Waals surface area contributed by atoms with E-state index in [9.17, 15) is 9.59 Å². The van der Waals surface area contributed by atoms with Crippen molar-refractivity contribution < 1.29 is 23.8 Å². The van der Waals surface area contributed by atoms with Gasteiger partial charge in [0, 0.05) is 13.7 Å². The minimum absolute atomic E-state index is 0.00303. The number of amides is 1. The van der Waals surface area contributed by atoms with Crippen LogP contribution in [0.2, 0.25) is 0 Å². The van der Waals surface area contributed by atoms with Gasteiger partial charge >= 0.3 is 5.97 Å². The molecule has 0 atom stereocenters. The van der Waals surface area contributed by atoms with Crippen LogP contribution < -0.4 is 5.32 Å². The lowest BCUT2D eigenvalue weighted by atomic mass is 9.66. The summed E-state index contributed by atoms with van der Waals surface area (Å²) in [5.41, 5.74) is -0.190. The molecule has 0 bridgehead atoms. The normalized spacial score (nSPS) is 16.3. The Kier molecular flexibility index (Phi) is 4.67. The van der Waals surface area contributed by atoms with Gasteiger partial charge in [-0.3, -0.25) is 4.79 Å². The van der Waals surface area contributed by atoms with Crippen LogP contribution in [0, 0.1) is 12.3 Å². The molecule has 1 fully saturated rings. The molecule has 0 radical (unpaired) electrons. The fourth-order valence-corrected chi connectivity index (χ4v) is 2.69. The average Bonchev–Trinajstić information content (AvgIpc) is 2.76. The van der Waals surface area contributed by atoms with Crippen molar-refractivity contribution in [1.29, 1.82) is 0 Å². The lowest BCUT2D eigenvalue weighted by Crippen LogP contribution is -2.46. The molecule has 0 unspecified atom stereocenters. The van der Waals surface area contributed by atoms with Gasteiger partial charge in [0.05, 0.1) is 12.0 Å². The number of aromatic carboxylic acids is 1. The third-order valence-electron chi connectivity index (χ3n) is 4.20. The maximum atomic E-state index is 12.3. The van der Waals surface area contributed by atoms with Crippen LogP contribution in [0.5, 0.6) is 0 Å². The summed E-state index contributed by atoms with van der Waals surface area (Å²) in [6, 6.07) is 1.46. The van der Waals surface area contributed by atoms with Crippen LogP contribution >= 0.6 is 0 Å². The lowest BCUT2D eigenvalue weighted by molar-refractivity contribution is -0.137. The van der Waals surface area contributed by atoms with Crippen molar-refractivity contribution in [3.8, 4) is 0 Å². The summed E-state index contributed by atoms with van der Waals surface area (Å²) in [5, 5.41) is 11.8. The standard InChI is InChI=1S/C15H21NO5/c1-10-12(13(17)18)8-11(21-10)9-16-14(19)15(4-3-5-15)6-7-20-2/h8H,3-7,9H2,1-2H3,(H,16,19)(H,17,18). The molecule has 0 spiro atoms. The predicted molar refractivity (Wildman–Crippen MR) is 75.0 cm³/mol. The molecule has 1 aliphatic rings. The van der Waals surface area contributed by atoms with Crippen LogP contribution in [0.15, 0.2) is 10.5 Å². The molecule has 6 heteroatoms. The molecule has 1 aliphatic carbocycles. The highest BCUT2D eigenvalue weighted by atomic mass is 16.5. The largest absolute Gasteiger partial charge is 0.478 e. The number of furan rings is 1. The van der Waals surface area contributed by atoms with Crippen molar-refractivity contribution >= 4 is 11.9 Å². The van der Waals surface area contributed by atoms with Crippen molar-refractivity contribution in [3.05, 3.63) is 23.2 Å². The van der Waals surface area contributed by atoms with E-state index in [1.807, 2.05) is 0 Å². The molecule has 6 nitrogen and oxygen atoms in total. The van der Waals surface area contributed by atoms with Crippen LogP contribution in [0.25, 0.3) is 0 Å². The van der Waals surface area contributed by atoms with Crippen molar-refractivity contribution in [3.63, 3.8) is 0 Å². The van der Waals surface area contributed by atoms with Crippen molar-refractivity contribution in [2.75, 3.05) is 13.7 Å². The number of hydrogen-bond donors (Lipinski definition) is 2. The number of hydrogen-bond acceptors (Lipinski definition) is 4. The predicted octanol–water partition coefficient (Wildman–Crippen LogP) is 2.11. The summed E-state index contributed by atoms with van der Waals surface area (Å²) in [7, 11) is 1.63. The van der Waals surface area contributed by atoms with Crippen molar-refractivity contribution in [2.45, 2.75) is 39.2 Å². The Balaban J connectivity index is 1.94. The van der Waals surface area contributed by atoms with E-state index in [2.05, 4.69) is 5.32 Å². The number of carbonyl (C=O) groups excluding carboxylic acids is 1. The Hall–Kier alpha value is -1.82. The Bertz CT molecular complexity index is 530. The van der Waals surface area contributed by atoms with E-state index in [-0.39, 0.29) is 23.4 Å². The van der Waals surface area contributed by atoms with Crippen LogP contribution in [0.1, 0.15) is 47.6 Å². The quantitative estimate of drug-likeness (QED) is 0.804. The molecule has 2 rings (SSSR count). The van der Waals surface area contributed by atoms with Crippen molar-refractivity contribution in [2.24, 2.45) is 5.41 Å².